The van der Waals surface area contributed by atoms with Crippen molar-refractivity contribution >= 4 is 40.0 Å². The van der Waals surface area contributed by atoms with Crippen LogP contribution in [0.15, 0.2) is 57.3 Å². The van der Waals surface area contributed by atoms with Gasteiger partial charge in [-0.15, -0.1) is 10.2 Å². The molecule has 2 aromatic carbocycles. The normalized spacial score (nSPS) is 12.3. The van der Waals surface area contributed by atoms with E-state index >= 15 is 0 Å². The molecule has 6 nitrogen and oxygen atoms in total. The summed E-state index contributed by atoms with van der Waals surface area (Å²) in [6, 6.07) is 15.9. The summed E-state index contributed by atoms with van der Waals surface area (Å²) in [5.74, 6) is 1.65. The van der Waals surface area contributed by atoms with Crippen LogP contribution in [0, 0.1) is 6.92 Å². The molecule has 0 spiro atoms. The molecule has 1 unspecified atom stereocenters. The second kappa shape index (κ2) is 11.1. The van der Waals surface area contributed by atoms with E-state index in [1.165, 1.54) is 5.56 Å². The van der Waals surface area contributed by atoms with Crippen molar-refractivity contribution in [3.05, 3.63) is 70.4 Å². The van der Waals surface area contributed by atoms with Gasteiger partial charge in [0.1, 0.15) is 16.3 Å². The Morgan fingerprint density at radius 2 is 1.88 bits per heavy atom. The number of ether oxygens (including phenoxy) is 1. The summed E-state index contributed by atoms with van der Waals surface area (Å²) >= 11 is 3.12. The van der Waals surface area contributed by atoms with E-state index in [-0.39, 0.29) is 18.1 Å². The van der Waals surface area contributed by atoms with Crippen LogP contribution in [0.4, 0.5) is 0 Å². The minimum atomic E-state index is -0.187. The highest BCUT2D eigenvalue weighted by Gasteiger charge is 2.22. The topological polar surface area (TPSA) is 77.2 Å². The number of benzene rings is 2. The lowest BCUT2D eigenvalue weighted by Crippen LogP contribution is -2.33. The predicted octanol–water partition coefficient (Wildman–Crippen LogP) is 6.42. The Bertz CT molecular complexity index is 1250. The van der Waals surface area contributed by atoms with Crippen LogP contribution in [0.1, 0.15) is 53.9 Å². The molecule has 1 atom stereocenters. The number of carbonyl (C=O) groups is 1. The molecule has 1 N–H and O–H groups in total. The maximum absolute atomic E-state index is 13.2. The van der Waals surface area contributed by atoms with E-state index in [0.717, 1.165) is 38.9 Å². The van der Waals surface area contributed by atoms with Gasteiger partial charge < -0.3 is 14.5 Å². The summed E-state index contributed by atoms with van der Waals surface area (Å²) in [5, 5.41) is 13.3. The second-order valence-corrected chi connectivity index (χ2v) is 10.9. The molecule has 0 saturated carbocycles. The molecule has 178 valence electrons. The molecule has 4 rings (SSSR count). The third-order valence-corrected chi connectivity index (χ3v) is 7.29. The standard InChI is InChI=1S/C26H29N3O3S2/c1-16(2)31-20-13-11-19(12-14-20)10-9-17(3)27-25(30)24-22(15-33-26-29-28-18(4)34-26)21-7-5-6-8-23(21)32-24/h5-8,11-14,16-17H,9-10,15H2,1-4H3,(H,27,30). The number of nitrogens with zero attached hydrogens (tertiary/aromatic N) is 2. The van der Waals surface area contributed by atoms with Crippen LogP contribution in [-0.2, 0) is 12.2 Å². The number of aromatic nitrogens is 2. The van der Waals surface area contributed by atoms with Gasteiger partial charge in [-0.25, -0.2) is 0 Å². The number of para-hydroxylation sites is 1. The van der Waals surface area contributed by atoms with Crippen molar-refractivity contribution < 1.29 is 13.9 Å². The number of rotatable bonds is 10. The third kappa shape index (κ3) is 6.18. The highest BCUT2D eigenvalue weighted by atomic mass is 32.2. The Kier molecular flexibility index (Phi) is 7.90. The minimum Gasteiger partial charge on any atom is -0.491 e. The van der Waals surface area contributed by atoms with Crippen molar-refractivity contribution in [2.24, 2.45) is 0 Å². The molecule has 8 heteroatoms. The van der Waals surface area contributed by atoms with Gasteiger partial charge in [0.25, 0.3) is 5.91 Å². The zero-order valence-electron chi connectivity index (χ0n) is 19.8. The molecular formula is C26H29N3O3S2. The molecule has 0 bridgehead atoms. The first-order chi connectivity index (χ1) is 16.4. The zero-order chi connectivity index (χ0) is 24.1. The molecule has 2 heterocycles. The van der Waals surface area contributed by atoms with E-state index in [1.807, 2.05) is 64.1 Å². The first-order valence-electron chi connectivity index (χ1n) is 11.4. The van der Waals surface area contributed by atoms with Gasteiger partial charge in [0.2, 0.25) is 0 Å². The van der Waals surface area contributed by atoms with Crippen molar-refractivity contribution in [1.29, 1.82) is 0 Å². The molecule has 0 aliphatic heterocycles. The average Bonchev–Trinajstić information content (AvgIpc) is 3.40. The summed E-state index contributed by atoms with van der Waals surface area (Å²) in [7, 11) is 0. The number of amides is 1. The molecule has 0 aliphatic rings. The fourth-order valence-electron chi connectivity index (χ4n) is 3.65. The number of carbonyl (C=O) groups excluding carboxylic acids is 1. The van der Waals surface area contributed by atoms with Crippen LogP contribution in [-0.4, -0.2) is 28.3 Å². The zero-order valence-corrected chi connectivity index (χ0v) is 21.5. The van der Waals surface area contributed by atoms with Crippen molar-refractivity contribution in [3.63, 3.8) is 0 Å². The third-order valence-electron chi connectivity index (χ3n) is 5.29. The number of hydrogen-bond donors (Lipinski definition) is 1. The molecule has 1 amide bonds. The SMILES string of the molecule is Cc1nnc(SCc2c(C(=O)NC(C)CCc3ccc(OC(C)C)cc3)oc3ccccc23)s1. The second-order valence-electron chi connectivity index (χ2n) is 8.51. The van der Waals surface area contributed by atoms with Crippen molar-refractivity contribution in [2.45, 2.75) is 62.8 Å². The van der Waals surface area contributed by atoms with Gasteiger partial charge in [-0.3, -0.25) is 4.79 Å². The van der Waals surface area contributed by atoms with Gasteiger partial charge in [-0.05, 0) is 64.3 Å². The smallest absolute Gasteiger partial charge is 0.287 e. The Morgan fingerprint density at radius 3 is 2.59 bits per heavy atom. The summed E-state index contributed by atoms with van der Waals surface area (Å²) in [5.41, 5.74) is 2.82. The van der Waals surface area contributed by atoms with Crippen molar-refractivity contribution in [1.82, 2.24) is 15.5 Å². The number of fused-ring (bicyclic) bond motifs is 1. The van der Waals surface area contributed by atoms with Crippen LogP contribution in [0.2, 0.25) is 0 Å². The first kappa shape index (κ1) is 24.3. The quantitative estimate of drug-likeness (QED) is 0.256. The van der Waals surface area contributed by atoms with E-state index in [0.29, 0.717) is 17.1 Å². The number of hydrogen-bond acceptors (Lipinski definition) is 7. The fourth-order valence-corrected chi connectivity index (χ4v) is 5.49. The van der Waals surface area contributed by atoms with E-state index in [1.54, 1.807) is 23.1 Å². The van der Waals surface area contributed by atoms with Gasteiger partial charge in [0.15, 0.2) is 10.1 Å². The summed E-state index contributed by atoms with van der Waals surface area (Å²) in [6.07, 6.45) is 1.85. The highest BCUT2D eigenvalue weighted by molar-refractivity contribution is 8.00. The Balaban J connectivity index is 1.40. The maximum atomic E-state index is 13.2. The summed E-state index contributed by atoms with van der Waals surface area (Å²) in [4.78, 5) is 13.2. The summed E-state index contributed by atoms with van der Waals surface area (Å²) < 4.78 is 12.6. The van der Waals surface area contributed by atoms with E-state index in [2.05, 4.69) is 27.6 Å². The molecule has 4 aromatic rings. The Hall–Kier alpha value is -2.84. The van der Waals surface area contributed by atoms with Gasteiger partial charge in [0, 0.05) is 22.7 Å². The Labute approximate surface area is 208 Å². The molecule has 0 saturated heterocycles. The predicted molar refractivity (Wildman–Crippen MR) is 138 cm³/mol. The number of nitrogens with one attached hydrogen (secondary N) is 1. The average molecular weight is 496 g/mol. The van der Waals surface area contributed by atoms with E-state index in [9.17, 15) is 4.79 Å². The van der Waals surface area contributed by atoms with E-state index in [4.69, 9.17) is 9.15 Å². The molecule has 2 aromatic heterocycles. The fraction of sp³-hybridized carbons (Fsp3) is 0.346. The maximum Gasteiger partial charge on any atom is 0.287 e. The number of furan rings is 1. The van der Waals surface area contributed by atoms with E-state index < -0.39 is 0 Å². The lowest BCUT2D eigenvalue weighted by atomic mass is 10.1. The largest absolute Gasteiger partial charge is 0.491 e. The van der Waals surface area contributed by atoms with Crippen LogP contribution >= 0.6 is 23.1 Å². The molecule has 0 aliphatic carbocycles. The van der Waals surface area contributed by atoms with Gasteiger partial charge in [-0.2, -0.15) is 0 Å². The molecule has 0 radical (unpaired) electrons. The summed E-state index contributed by atoms with van der Waals surface area (Å²) in [6.45, 7) is 7.99. The lowest BCUT2D eigenvalue weighted by Gasteiger charge is -2.14. The van der Waals surface area contributed by atoms with Crippen LogP contribution < -0.4 is 10.1 Å². The first-order valence-corrected chi connectivity index (χ1v) is 13.2. The Morgan fingerprint density at radius 1 is 1.12 bits per heavy atom. The monoisotopic (exact) mass is 495 g/mol. The molecular weight excluding hydrogens is 466 g/mol. The van der Waals surface area contributed by atoms with Gasteiger partial charge in [-0.1, -0.05) is 53.4 Å². The number of aryl methyl sites for hydroxylation is 2. The van der Waals surface area contributed by atoms with Crippen molar-refractivity contribution in [3.8, 4) is 5.75 Å². The van der Waals surface area contributed by atoms with Crippen molar-refractivity contribution in [2.75, 3.05) is 0 Å². The van der Waals surface area contributed by atoms with Crippen LogP contribution in [0.3, 0.4) is 0 Å². The minimum absolute atomic E-state index is 0.00128. The van der Waals surface area contributed by atoms with Crippen LogP contribution in [0.5, 0.6) is 5.75 Å². The number of thioether (sulfide) groups is 1. The molecule has 0 fully saturated rings. The van der Waals surface area contributed by atoms with Crippen LogP contribution in [0.25, 0.3) is 11.0 Å². The van der Waals surface area contributed by atoms with Gasteiger partial charge in [0.05, 0.1) is 6.10 Å². The lowest BCUT2D eigenvalue weighted by molar-refractivity contribution is 0.0911. The highest BCUT2D eigenvalue weighted by Crippen LogP contribution is 2.33. The molecule has 34 heavy (non-hydrogen) atoms. The van der Waals surface area contributed by atoms with Gasteiger partial charge >= 0.3 is 0 Å².